The lowest BCUT2D eigenvalue weighted by atomic mass is 9.71. The van der Waals surface area contributed by atoms with Gasteiger partial charge < -0.3 is 10.6 Å². The van der Waals surface area contributed by atoms with Crippen LogP contribution in [-0.2, 0) is 10.0 Å². The van der Waals surface area contributed by atoms with Crippen LogP contribution in [0.4, 0.5) is 5.69 Å². The van der Waals surface area contributed by atoms with Gasteiger partial charge in [-0.1, -0.05) is 12.2 Å². The van der Waals surface area contributed by atoms with Crippen LogP contribution in [0, 0.1) is 5.41 Å². The molecular weight excluding hydrogens is 326 g/mol. The van der Waals surface area contributed by atoms with Gasteiger partial charge in [0.25, 0.3) is 5.91 Å². The van der Waals surface area contributed by atoms with E-state index in [1.165, 1.54) is 18.6 Å². The number of rotatable bonds is 3. The molecule has 24 heavy (non-hydrogen) atoms. The standard InChI is InChI=1S/C17H23N3O3S/c18-16(21)14-11-13(24(19,22)23)5-6-15(14)20-10-4-9-17(12-20)7-2-1-3-8-17/h1-2,5-6,11H,3-4,7-10,12H2,(H2,18,21)(H2,19,22,23)/t17-/m1/s1. The molecule has 1 fully saturated rings. The number of hydrogen-bond acceptors (Lipinski definition) is 4. The molecule has 1 spiro atoms. The molecule has 0 unspecified atom stereocenters. The summed E-state index contributed by atoms with van der Waals surface area (Å²) in [5, 5.41) is 5.16. The van der Waals surface area contributed by atoms with Gasteiger partial charge in [0, 0.05) is 18.8 Å². The van der Waals surface area contributed by atoms with Gasteiger partial charge >= 0.3 is 0 Å². The number of nitrogens with two attached hydrogens (primary N) is 2. The van der Waals surface area contributed by atoms with Crippen LogP contribution in [0.5, 0.6) is 0 Å². The van der Waals surface area contributed by atoms with E-state index >= 15 is 0 Å². The van der Waals surface area contributed by atoms with Gasteiger partial charge in [0.05, 0.1) is 10.5 Å². The largest absolute Gasteiger partial charge is 0.370 e. The van der Waals surface area contributed by atoms with Gasteiger partial charge in [-0.2, -0.15) is 0 Å². The zero-order valence-corrected chi connectivity index (χ0v) is 14.4. The fourth-order valence-electron chi connectivity index (χ4n) is 3.89. The van der Waals surface area contributed by atoms with Crippen molar-refractivity contribution in [2.24, 2.45) is 16.3 Å². The van der Waals surface area contributed by atoms with E-state index in [0.717, 1.165) is 38.8 Å². The van der Waals surface area contributed by atoms with Gasteiger partial charge in [-0.25, -0.2) is 13.6 Å². The molecule has 0 bridgehead atoms. The number of nitrogens with zero attached hydrogens (tertiary/aromatic N) is 1. The number of anilines is 1. The van der Waals surface area contributed by atoms with Crippen LogP contribution in [0.3, 0.4) is 0 Å². The summed E-state index contributed by atoms with van der Waals surface area (Å²) in [5.41, 5.74) is 6.64. The number of allylic oxidation sites excluding steroid dienone is 2. The Hall–Kier alpha value is -1.86. The molecule has 0 radical (unpaired) electrons. The molecule has 2 aliphatic rings. The summed E-state index contributed by atoms with van der Waals surface area (Å²) >= 11 is 0. The Morgan fingerprint density at radius 2 is 2.00 bits per heavy atom. The van der Waals surface area contributed by atoms with E-state index in [1.54, 1.807) is 6.07 Å². The summed E-state index contributed by atoms with van der Waals surface area (Å²) in [4.78, 5) is 13.9. The number of hydrogen-bond donors (Lipinski definition) is 2. The first-order valence-electron chi connectivity index (χ1n) is 8.17. The number of primary amides is 1. The van der Waals surface area contributed by atoms with Crippen molar-refractivity contribution in [3.05, 3.63) is 35.9 Å². The van der Waals surface area contributed by atoms with Crippen LogP contribution in [0.1, 0.15) is 42.5 Å². The third kappa shape index (κ3) is 3.32. The molecule has 1 aromatic rings. The highest BCUT2D eigenvalue weighted by Crippen LogP contribution is 2.42. The minimum atomic E-state index is -3.87. The number of sulfonamides is 1. The van der Waals surface area contributed by atoms with Crippen LogP contribution in [0.25, 0.3) is 0 Å². The molecule has 1 atom stereocenters. The lowest BCUT2D eigenvalue weighted by Crippen LogP contribution is -2.44. The number of amides is 1. The second-order valence-electron chi connectivity index (χ2n) is 6.83. The van der Waals surface area contributed by atoms with Gasteiger partial charge in [-0.15, -0.1) is 0 Å². The van der Waals surface area contributed by atoms with E-state index in [0.29, 0.717) is 5.69 Å². The zero-order chi connectivity index (χ0) is 17.4. The Morgan fingerprint density at radius 1 is 1.21 bits per heavy atom. The SMILES string of the molecule is NC(=O)c1cc(S(N)(=O)=O)ccc1N1CCC[C@]2(CC=CCC2)C1. The van der Waals surface area contributed by atoms with Gasteiger partial charge in [-0.05, 0) is 55.7 Å². The summed E-state index contributed by atoms with van der Waals surface area (Å²) in [6, 6.07) is 4.38. The smallest absolute Gasteiger partial charge is 0.250 e. The van der Waals surface area contributed by atoms with Crippen molar-refractivity contribution in [3.8, 4) is 0 Å². The molecule has 1 aromatic carbocycles. The minimum Gasteiger partial charge on any atom is -0.370 e. The molecule has 7 heteroatoms. The van der Waals surface area contributed by atoms with Crippen LogP contribution >= 0.6 is 0 Å². The topological polar surface area (TPSA) is 106 Å². The molecule has 1 amide bonds. The van der Waals surface area contributed by atoms with Crippen LogP contribution < -0.4 is 15.8 Å². The molecule has 3 rings (SSSR count). The molecule has 1 saturated heterocycles. The Balaban J connectivity index is 1.96. The van der Waals surface area contributed by atoms with Crippen molar-refractivity contribution in [2.75, 3.05) is 18.0 Å². The highest BCUT2D eigenvalue weighted by atomic mass is 32.2. The number of benzene rings is 1. The molecule has 4 N–H and O–H groups in total. The third-order valence-electron chi connectivity index (χ3n) is 5.12. The third-order valence-corrected chi connectivity index (χ3v) is 6.03. The minimum absolute atomic E-state index is 0.0904. The monoisotopic (exact) mass is 349 g/mol. The van der Waals surface area contributed by atoms with Gasteiger partial charge in [0.2, 0.25) is 10.0 Å². The second kappa shape index (κ2) is 6.22. The van der Waals surface area contributed by atoms with Crippen molar-refractivity contribution in [1.82, 2.24) is 0 Å². The van der Waals surface area contributed by atoms with E-state index < -0.39 is 15.9 Å². The second-order valence-corrected chi connectivity index (χ2v) is 8.39. The lowest BCUT2D eigenvalue weighted by molar-refractivity contribution is 0.1000. The first-order valence-corrected chi connectivity index (χ1v) is 9.72. The number of piperidine rings is 1. The summed E-state index contributed by atoms with van der Waals surface area (Å²) in [7, 11) is -3.87. The molecule has 0 saturated carbocycles. The highest BCUT2D eigenvalue weighted by molar-refractivity contribution is 7.89. The zero-order valence-electron chi connectivity index (χ0n) is 13.6. The summed E-state index contributed by atoms with van der Waals surface area (Å²) in [5.74, 6) is -0.640. The van der Waals surface area contributed by atoms with E-state index in [9.17, 15) is 13.2 Å². The fraction of sp³-hybridized carbons (Fsp3) is 0.471. The number of carbonyl (C=O) groups excluding carboxylic acids is 1. The quantitative estimate of drug-likeness (QED) is 0.811. The number of carbonyl (C=O) groups is 1. The van der Waals surface area contributed by atoms with Crippen molar-refractivity contribution in [1.29, 1.82) is 0 Å². The Morgan fingerprint density at radius 3 is 2.62 bits per heavy atom. The van der Waals surface area contributed by atoms with Crippen molar-refractivity contribution >= 4 is 21.6 Å². The van der Waals surface area contributed by atoms with E-state index in [1.807, 2.05) is 0 Å². The van der Waals surface area contributed by atoms with E-state index in [-0.39, 0.29) is 15.9 Å². The van der Waals surface area contributed by atoms with E-state index in [2.05, 4.69) is 17.1 Å². The maximum Gasteiger partial charge on any atom is 0.250 e. The fourth-order valence-corrected chi connectivity index (χ4v) is 4.43. The Labute approximate surface area is 142 Å². The molecule has 1 heterocycles. The molecule has 6 nitrogen and oxygen atoms in total. The highest BCUT2D eigenvalue weighted by Gasteiger charge is 2.36. The maximum absolute atomic E-state index is 11.9. The first-order chi connectivity index (χ1) is 11.3. The van der Waals surface area contributed by atoms with Crippen LogP contribution in [0.2, 0.25) is 0 Å². The van der Waals surface area contributed by atoms with Crippen molar-refractivity contribution in [3.63, 3.8) is 0 Å². The predicted molar refractivity (Wildman–Crippen MR) is 93.2 cm³/mol. The summed E-state index contributed by atoms with van der Waals surface area (Å²) < 4.78 is 23.1. The van der Waals surface area contributed by atoms with E-state index in [4.69, 9.17) is 10.9 Å². The number of primary sulfonamides is 1. The van der Waals surface area contributed by atoms with Gasteiger partial charge in [0.15, 0.2) is 0 Å². The lowest BCUT2D eigenvalue weighted by Gasteiger charge is -2.45. The Bertz CT molecular complexity index is 788. The van der Waals surface area contributed by atoms with Crippen LogP contribution in [0.15, 0.2) is 35.2 Å². The van der Waals surface area contributed by atoms with Gasteiger partial charge in [-0.3, -0.25) is 4.79 Å². The summed E-state index contributed by atoms with van der Waals surface area (Å²) in [6.45, 7) is 1.69. The molecule has 0 aromatic heterocycles. The van der Waals surface area contributed by atoms with Gasteiger partial charge in [0.1, 0.15) is 0 Å². The maximum atomic E-state index is 11.9. The average Bonchev–Trinajstić information content (AvgIpc) is 2.54. The predicted octanol–water partition coefficient (Wildman–Crippen LogP) is 1.76. The van der Waals surface area contributed by atoms with Crippen molar-refractivity contribution in [2.45, 2.75) is 37.0 Å². The Kier molecular flexibility index (Phi) is 4.40. The molecule has 1 aliphatic carbocycles. The summed E-state index contributed by atoms with van der Waals surface area (Å²) in [6.07, 6.45) is 9.96. The van der Waals surface area contributed by atoms with Crippen molar-refractivity contribution < 1.29 is 13.2 Å². The van der Waals surface area contributed by atoms with Crippen LogP contribution in [-0.4, -0.2) is 27.4 Å². The molecular formula is C17H23N3O3S. The molecule has 130 valence electrons. The normalized spacial score (nSPS) is 24.3. The average molecular weight is 349 g/mol. The molecule has 1 aliphatic heterocycles. The first kappa shape index (κ1) is 17.0.